The van der Waals surface area contributed by atoms with E-state index in [1.165, 1.54) is 18.2 Å². The van der Waals surface area contributed by atoms with Gasteiger partial charge in [0.1, 0.15) is 12.3 Å². The van der Waals surface area contributed by atoms with E-state index in [4.69, 9.17) is 11.6 Å². The van der Waals surface area contributed by atoms with Crippen molar-refractivity contribution in [2.45, 2.75) is 45.0 Å². The van der Waals surface area contributed by atoms with Gasteiger partial charge in [-0.25, -0.2) is 0 Å². The second-order valence-electron chi connectivity index (χ2n) is 6.40. The normalized spacial score (nSPS) is 14.4. The molecule has 1 fully saturated rings. The molecule has 2 aromatic rings. The minimum atomic E-state index is -4.75. The molecule has 0 radical (unpaired) electrons. The molecule has 1 aromatic carbocycles. The summed E-state index contributed by atoms with van der Waals surface area (Å²) in [5.74, 6) is -1.20. The second kappa shape index (κ2) is 7.57. The Kier molecular flexibility index (Phi) is 5.51. The number of rotatable bonds is 6. The molecule has 0 unspecified atom stereocenters. The topological polar surface area (TPSA) is 56.1 Å². The van der Waals surface area contributed by atoms with Crippen LogP contribution in [0, 0.1) is 6.92 Å². The fourth-order valence-corrected chi connectivity index (χ4v) is 3.16. The molecule has 1 aromatic heterocycles. The van der Waals surface area contributed by atoms with Gasteiger partial charge in [-0.2, -0.15) is 27.1 Å². The van der Waals surface area contributed by atoms with E-state index in [-0.39, 0.29) is 23.0 Å². The molecule has 0 atom stereocenters. The molecule has 0 spiro atoms. The van der Waals surface area contributed by atoms with Gasteiger partial charge in [0.2, 0.25) is 5.91 Å². The van der Waals surface area contributed by atoms with Crippen molar-refractivity contribution in [1.29, 1.82) is 0 Å². The molecule has 0 saturated heterocycles. The van der Waals surface area contributed by atoms with Gasteiger partial charge in [0.15, 0.2) is 5.69 Å². The van der Waals surface area contributed by atoms with Crippen LogP contribution in [0.3, 0.4) is 0 Å². The minimum absolute atomic E-state index is 0.0208. The third-order valence-electron chi connectivity index (χ3n) is 4.08. The molecule has 28 heavy (non-hydrogen) atoms. The summed E-state index contributed by atoms with van der Waals surface area (Å²) in [5.41, 5.74) is -0.455. The van der Waals surface area contributed by atoms with Crippen LogP contribution in [0.15, 0.2) is 18.2 Å². The third-order valence-corrected chi connectivity index (χ3v) is 4.46. The van der Waals surface area contributed by atoms with Gasteiger partial charge >= 0.3 is 12.8 Å². The number of anilines is 1. The highest BCUT2D eigenvalue weighted by Crippen LogP contribution is 2.46. The van der Waals surface area contributed by atoms with Crippen molar-refractivity contribution in [2.24, 2.45) is 0 Å². The van der Waals surface area contributed by atoms with Crippen LogP contribution in [0.5, 0.6) is 5.75 Å². The number of halogens is 6. The Hall–Kier alpha value is -2.36. The maximum atomic E-state index is 13.1. The smallest absolute Gasteiger partial charge is 0.433 e. The van der Waals surface area contributed by atoms with E-state index in [1.54, 1.807) is 6.92 Å². The van der Waals surface area contributed by atoms with E-state index in [0.29, 0.717) is 18.4 Å². The van der Waals surface area contributed by atoms with Crippen molar-refractivity contribution in [3.05, 3.63) is 40.2 Å². The first kappa shape index (κ1) is 20.4. The predicted molar refractivity (Wildman–Crippen MR) is 90.7 cm³/mol. The molecule has 1 saturated carbocycles. The average Bonchev–Trinajstić information content (AvgIpc) is 3.33. The number of hydrogen-bond donors (Lipinski definition) is 1. The van der Waals surface area contributed by atoms with Gasteiger partial charge in [0.05, 0.1) is 16.4 Å². The lowest BCUT2D eigenvalue weighted by Gasteiger charge is -2.13. The molecular formula is C17H15ClF5N3O2. The van der Waals surface area contributed by atoms with Gasteiger partial charge in [0.25, 0.3) is 0 Å². The highest BCUT2D eigenvalue weighted by atomic mass is 35.5. The highest BCUT2D eigenvalue weighted by molar-refractivity contribution is 6.32. The lowest BCUT2D eigenvalue weighted by Crippen LogP contribution is -2.22. The number of carbonyl (C=O) groups excluding carboxylic acids is 1. The highest BCUT2D eigenvalue weighted by Gasteiger charge is 2.42. The SMILES string of the molecule is Cc1ccc(OC(F)F)c(NC(=O)Cn2nc(C(F)(F)F)c(Cl)c2C2CC2)c1. The molecular weight excluding hydrogens is 409 g/mol. The van der Waals surface area contributed by atoms with Crippen molar-refractivity contribution in [3.8, 4) is 5.75 Å². The van der Waals surface area contributed by atoms with E-state index >= 15 is 0 Å². The maximum absolute atomic E-state index is 13.1. The molecule has 1 heterocycles. The molecule has 11 heteroatoms. The van der Waals surface area contributed by atoms with Crippen LogP contribution in [0.1, 0.15) is 35.7 Å². The summed E-state index contributed by atoms with van der Waals surface area (Å²) in [6, 6.07) is 4.19. The van der Waals surface area contributed by atoms with Crippen molar-refractivity contribution < 1.29 is 31.5 Å². The zero-order valence-corrected chi connectivity index (χ0v) is 15.2. The van der Waals surface area contributed by atoms with Gasteiger partial charge in [-0.05, 0) is 37.5 Å². The molecule has 5 nitrogen and oxygen atoms in total. The number of amides is 1. The Balaban J connectivity index is 1.84. The predicted octanol–water partition coefficient (Wildman–Crippen LogP) is 4.98. The largest absolute Gasteiger partial charge is 0.436 e. The van der Waals surface area contributed by atoms with E-state index in [9.17, 15) is 26.7 Å². The Bertz CT molecular complexity index is 894. The van der Waals surface area contributed by atoms with E-state index in [0.717, 1.165) is 4.68 Å². The van der Waals surface area contributed by atoms with Gasteiger partial charge < -0.3 is 10.1 Å². The lowest BCUT2D eigenvalue weighted by molar-refractivity contribution is -0.141. The summed E-state index contributed by atoms with van der Waals surface area (Å²) in [7, 11) is 0. The first-order chi connectivity index (χ1) is 13.1. The fourth-order valence-electron chi connectivity index (χ4n) is 2.77. The summed E-state index contributed by atoms with van der Waals surface area (Å²) in [6.45, 7) is -1.97. The Morgan fingerprint density at radius 3 is 2.64 bits per heavy atom. The first-order valence-corrected chi connectivity index (χ1v) is 8.62. The molecule has 1 aliphatic rings. The quantitative estimate of drug-likeness (QED) is 0.667. The molecule has 152 valence electrons. The fraction of sp³-hybridized carbons (Fsp3) is 0.412. The van der Waals surface area contributed by atoms with Crippen LogP contribution in [-0.4, -0.2) is 22.3 Å². The zero-order chi connectivity index (χ0) is 20.6. The van der Waals surface area contributed by atoms with Crippen molar-refractivity contribution in [3.63, 3.8) is 0 Å². The molecule has 1 N–H and O–H groups in total. The number of nitrogens with zero attached hydrogens (tertiary/aromatic N) is 2. The number of hydrogen-bond acceptors (Lipinski definition) is 3. The Morgan fingerprint density at radius 1 is 1.39 bits per heavy atom. The van der Waals surface area contributed by atoms with Crippen molar-refractivity contribution >= 4 is 23.2 Å². The van der Waals surface area contributed by atoms with Gasteiger partial charge in [-0.15, -0.1) is 0 Å². The second-order valence-corrected chi connectivity index (χ2v) is 6.78. The summed E-state index contributed by atoms with van der Waals surface area (Å²) in [5, 5.41) is 5.32. The zero-order valence-electron chi connectivity index (χ0n) is 14.5. The number of alkyl halides is 5. The summed E-state index contributed by atoms with van der Waals surface area (Å²) in [4.78, 5) is 12.4. The molecule has 3 rings (SSSR count). The van der Waals surface area contributed by atoms with Crippen LogP contribution >= 0.6 is 11.6 Å². The number of nitrogens with one attached hydrogen (secondary N) is 1. The summed E-state index contributed by atoms with van der Waals surface area (Å²) < 4.78 is 69.6. The van der Waals surface area contributed by atoms with E-state index < -0.39 is 36.0 Å². The summed E-state index contributed by atoms with van der Waals surface area (Å²) >= 11 is 5.86. The molecule has 1 aliphatic carbocycles. The van der Waals surface area contributed by atoms with Crippen LogP contribution < -0.4 is 10.1 Å². The van der Waals surface area contributed by atoms with Crippen LogP contribution in [0.2, 0.25) is 5.02 Å². The number of carbonyl (C=O) groups is 1. The monoisotopic (exact) mass is 423 g/mol. The number of ether oxygens (including phenoxy) is 1. The van der Waals surface area contributed by atoms with E-state index in [2.05, 4.69) is 15.2 Å². The van der Waals surface area contributed by atoms with Gasteiger partial charge in [0, 0.05) is 5.92 Å². The van der Waals surface area contributed by atoms with Crippen molar-refractivity contribution in [2.75, 3.05) is 5.32 Å². The maximum Gasteiger partial charge on any atom is 0.436 e. The molecule has 0 aliphatic heterocycles. The van der Waals surface area contributed by atoms with E-state index in [1.807, 2.05) is 0 Å². The third kappa shape index (κ3) is 4.54. The van der Waals surface area contributed by atoms with Crippen molar-refractivity contribution in [1.82, 2.24) is 9.78 Å². The lowest BCUT2D eigenvalue weighted by atomic mass is 10.2. The van der Waals surface area contributed by atoms with Crippen LogP contribution in [-0.2, 0) is 17.5 Å². The Labute approximate surface area is 161 Å². The summed E-state index contributed by atoms with van der Waals surface area (Å²) in [6.07, 6.45) is -3.46. The molecule has 1 amide bonds. The van der Waals surface area contributed by atoms with Crippen LogP contribution in [0.4, 0.5) is 27.6 Å². The number of benzene rings is 1. The average molecular weight is 424 g/mol. The number of aromatic nitrogens is 2. The van der Waals surface area contributed by atoms with Crippen LogP contribution in [0.25, 0.3) is 0 Å². The molecule has 0 bridgehead atoms. The first-order valence-electron chi connectivity index (χ1n) is 8.25. The number of aryl methyl sites for hydroxylation is 1. The van der Waals surface area contributed by atoms with Gasteiger partial charge in [-0.3, -0.25) is 9.48 Å². The Morgan fingerprint density at radius 2 is 2.07 bits per heavy atom. The standard InChI is InChI=1S/C17H15ClF5N3O2/c1-8-2-5-11(28-16(19)20)10(6-8)24-12(27)7-26-14(9-3-4-9)13(18)15(25-26)17(21,22)23/h2,5-6,9,16H,3-4,7H2,1H3,(H,24,27). The minimum Gasteiger partial charge on any atom is -0.433 e. The van der Waals surface area contributed by atoms with Gasteiger partial charge in [-0.1, -0.05) is 17.7 Å².